The van der Waals surface area contributed by atoms with Crippen molar-refractivity contribution < 1.29 is 38.9 Å². The van der Waals surface area contributed by atoms with Crippen molar-refractivity contribution >= 4 is 12.2 Å². The summed E-state index contributed by atoms with van der Waals surface area (Å²) in [5.41, 5.74) is 14.3. The molecule has 1 aliphatic heterocycles. The second-order valence-electron chi connectivity index (χ2n) is 14.0. The van der Waals surface area contributed by atoms with E-state index in [9.17, 15) is 0 Å². The Kier molecular flexibility index (Phi) is 7.13. The summed E-state index contributed by atoms with van der Waals surface area (Å²) in [6, 6.07) is 26.6. The number of methoxy groups -OCH3 is 4. The topological polar surface area (TPSA) is 36.9 Å². The number of allylic oxidation sites excluding steroid dienone is 2. The first-order chi connectivity index (χ1) is 22.3. The second kappa shape index (κ2) is 11.0. The molecule has 3 aliphatic carbocycles. The Morgan fingerprint density at radius 1 is 0.565 bits per heavy atom. The van der Waals surface area contributed by atoms with E-state index in [2.05, 4.69) is 82.2 Å². The Balaban J connectivity index is 1.33. The fourth-order valence-corrected chi connectivity index (χ4v) is 26.7. The quantitative estimate of drug-likeness (QED) is 0.183. The molecule has 8 rings (SSSR count). The van der Waals surface area contributed by atoms with E-state index in [4.69, 9.17) is 18.9 Å². The van der Waals surface area contributed by atoms with Crippen LogP contribution in [0.25, 0.3) is 34.4 Å². The van der Waals surface area contributed by atoms with Crippen LogP contribution in [0.4, 0.5) is 0 Å². The molecule has 4 aromatic rings. The summed E-state index contributed by atoms with van der Waals surface area (Å²) < 4.78 is 29.3. The van der Waals surface area contributed by atoms with Crippen LogP contribution in [0.15, 0.2) is 83.9 Å². The Morgan fingerprint density at radius 3 is 1.33 bits per heavy atom. The van der Waals surface area contributed by atoms with Crippen LogP contribution in [-0.2, 0) is 20.0 Å². The number of hydrogen-bond donors (Lipinski definition) is 0. The average Bonchev–Trinajstić information content (AvgIpc) is 3.83. The zero-order valence-electron chi connectivity index (χ0n) is 27.7. The van der Waals surface area contributed by atoms with Gasteiger partial charge in [-0.15, -0.1) is 0 Å². The Hall–Kier alpha value is -3.57. The standard InChI is InChI=1S/C39H36O4.2CH3.Hf/c1-40-31-17-27(18-32(23-31)41-2)35-11-7-9-25-15-29(21-37(25)35)39(13-5-6-14-39)30-16-26-10-8-12-36(38(26)22-30)28-19-33(42-3)24-34(20-28)43-4;;;/h7-12,15-24H,5-6,13-14H2,1-4H3;2*1H3;. The van der Waals surface area contributed by atoms with Gasteiger partial charge in [-0.3, -0.25) is 0 Å². The molecule has 0 aromatic heterocycles. The third-order valence-electron chi connectivity index (χ3n) is 11.5. The van der Waals surface area contributed by atoms with Crippen LogP contribution in [0.2, 0.25) is 9.36 Å². The SMILES string of the molecule is COc1cc(OC)cc(-c2cccc3c2C=C2[CH]3[Hf]([CH3])([CH3])[CH]3C(=Cc4c(-c5cc(OC)cc(OC)c5)cccc43)C23CCCC3)c1. The molecular formula is C41H42HfO4. The molecule has 1 saturated heterocycles. The Labute approximate surface area is 277 Å². The molecule has 4 aliphatic rings. The normalized spacial score (nSPS) is 21.1. The summed E-state index contributed by atoms with van der Waals surface area (Å²) in [7, 11) is 6.91. The first kappa shape index (κ1) is 29.8. The van der Waals surface area contributed by atoms with Crippen LogP contribution in [0, 0.1) is 5.41 Å². The van der Waals surface area contributed by atoms with E-state index in [0.29, 0.717) is 7.35 Å². The molecule has 4 nitrogen and oxygen atoms in total. The van der Waals surface area contributed by atoms with Gasteiger partial charge in [0.2, 0.25) is 0 Å². The minimum absolute atomic E-state index is 0.121. The van der Waals surface area contributed by atoms with Gasteiger partial charge >= 0.3 is 279 Å². The van der Waals surface area contributed by atoms with Gasteiger partial charge in [-0.2, -0.15) is 0 Å². The van der Waals surface area contributed by atoms with E-state index in [0.717, 1.165) is 34.1 Å². The van der Waals surface area contributed by atoms with E-state index in [1.807, 2.05) is 12.1 Å². The van der Waals surface area contributed by atoms with E-state index in [-0.39, 0.29) is 5.41 Å². The molecule has 1 heterocycles. The van der Waals surface area contributed by atoms with Crippen molar-refractivity contribution in [1.82, 2.24) is 0 Å². The van der Waals surface area contributed by atoms with Crippen molar-refractivity contribution in [2.45, 2.75) is 42.4 Å². The molecule has 2 atom stereocenters. The molecule has 1 saturated carbocycles. The van der Waals surface area contributed by atoms with E-state index in [1.54, 1.807) is 50.7 Å². The van der Waals surface area contributed by atoms with Crippen LogP contribution in [0.3, 0.4) is 0 Å². The number of hydrogen-bond acceptors (Lipinski definition) is 4. The van der Waals surface area contributed by atoms with Gasteiger partial charge in [0.25, 0.3) is 0 Å². The van der Waals surface area contributed by atoms with Gasteiger partial charge in [0, 0.05) is 0 Å². The van der Waals surface area contributed by atoms with Crippen molar-refractivity contribution in [1.29, 1.82) is 0 Å². The number of ether oxygens (including phenoxy) is 4. The summed E-state index contributed by atoms with van der Waals surface area (Å²) in [4.78, 5) is 0. The fraction of sp³-hybridized carbons (Fsp3) is 0.317. The summed E-state index contributed by atoms with van der Waals surface area (Å²) in [5.74, 6) is 3.29. The van der Waals surface area contributed by atoms with Crippen LogP contribution in [0.5, 0.6) is 23.0 Å². The van der Waals surface area contributed by atoms with Crippen molar-refractivity contribution in [2.75, 3.05) is 28.4 Å². The Bertz CT molecular complexity index is 1770. The van der Waals surface area contributed by atoms with Crippen molar-refractivity contribution in [3.63, 3.8) is 0 Å². The van der Waals surface area contributed by atoms with Crippen LogP contribution in [0.1, 0.15) is 55.3 Å². The molecule has 46 heavy (non-hydrogen) atoms. The Morgan fingerprint density at radius 2 is 0.957 bits per heavy atom. The summed E-state index contributed by atoms with van der Waals surface area (Å²) >= 11 is -3.18. The van der Waals surface area contributed by atoms with Crippen molar-refractivity contribution in [2.24, 2.45) is 5.41 Å². The summed E-state index contributed by atoms with van der Waals surface area (Å²) in [6.07, 6.45) is 10.4. The first-order valence-corrected chi connectivity index (χ1v) is 27.8. The van der Waals surface area contributed by atoms with Crippen molar-refractivity contribution in [3.8, 4) is 45.3 Å². The number of rotatable bonds is 6. The van der Waals surface area contributed by atoms with Crippen molar-refractivity contribution in [3.05, 3.63) is 106 Å². The van der Waals surface area contributed by atoms with Gasteiger partial charge in [0.05, 0.1) is 0 Å². The molecular weight excluding hydrogens is 735 g/mol. The third kappa shape index (κ3) is 4.26. The van der Waals surface area contributed by atoms with Gasteiger partial charge < -0.3 is 0 Å². The third-order valence-corrected chi connectivity index (χ3v) is 26.7. The van der Waals surface area contributed by atoms with Gasteiger partial charge in [-0.05, 0) is 0 Å². The molecule has 234 valence electrons. The van der Waals surface area contributed by atoms with Gasteiger partial charge in [0.1, 0.15) is 0 Å². The van der Waals surface area contributed by atoms with E-state index >= 15 is 0 Å². The molecule has 0 radical (unpaired) electrons. The number of benzene rings is 4. The molecule has 0 N–H and O–H groups in total. The molecule has 4 aromatic carbocycles. The van der Waals surface area contributed by atoms with Gasteiger partial charge in [-0.1, -0.05) is 0 Å². The van der Waals surface area contributed by atoms with Crippen LogP contribution < -0.4 is 18.9 Å². The average molecular weight is 777 g/mol. The van der Waals surface area contributed by atoms with Crippen LogP contribution >= 0.6 is 0 Å². The predicted molar refractivity (Wildman–Crippen MR) is 184 cm³/mol. The summed E-state index contributed by atoms with van der Waals surface area (Å²) in [5, 5.41) is 0. The van der Waals surface area contributed by atoms with Crippen LogP contribution in [-0.4, -0.2) is 28.4 Å². The zero-order valence-corrected chi connectivity index (χ0v) is 31.3. The molecule has 5 heteroatoms. The predicted octanol–water partition coefficient (Wildman–Crippen LogP) is 10.5. The monoisotopic (exact) mass is 778 g/mol. The molecule has 1 spiro atoms. The summed E-state index contributed by atoms with van der Waals surface area (Å²) in [6.45, 7) is 0. The molecule has 2 fully saturated rings. The van der Waals surface area contributed by atoms with Gasteiger partial charge in [-0.25, -0.2) is 0 Å². The fourth-order valence-electron chi connectivity index (χ4n) is 9.56. The minimum atomic E-state index is -3.18. The van der Waals surface area contributed by atoms with Gasteiger partial charge in [0.15, 0.2) is 0 Å². The molecule has 0 amide bonds. The first-order valence-electron chi connectivity index (χ1n) is 16.5. The second-order valence-corrected chi connectivity index (χ2v) is 31.2. The van der Waals surface area contributed by atoms with E-state index < -0.39 is 20.0 Å². The van der Waals surface area contributed by atoms with E-state index in [1.165, 1.54) is 47.9 Å². The molecule has 0 bridgehead atoms. The number of fused-ring (bicyclic) bond motifs is 8. The molecule has 2 unspecified atom stereocenters. The zero-order chi connectivity index (χ0) is 31.8. The maximum absolute atomic E-state index is 5.69. The maximum atomic E-state index is 5.69.